The fraction of sp³-hybridized carbons (Fsp3) is 0.625. The maximum atomic E-state index is 11.9. The molecule has 0 aromatic carbocycles. The molecule has 0 amide bonds. The Morgan fingerprint density at radius 3 is 3.08 bits per heavy atom. The Kier molecular flexibility index (Phi) is 3.54. The molecular weight excluding hydrogens is 172 g/mol. The zero-order valence-electron chi connectivity index (χ0n) is 7.53. The van der Waals surface area contributed by atoms with Gasteiger partial charge >= 0.3 is 0 Å². The smallest absolute Gasteiger partial charge is 0.131 e. The molecule has 0 aliphatic carbocycles. The van der Waals surface area contributed by atoms with E-state index in [0.29, 0.717) is 25.1 Å². The topological polar surface area (TPSA) is 47.8 Å². The Bertz CT molecular complexity index is 285. The number of hydrogen-bond donors (Lipinski definition) is 0. The van der Waals surface area contributed by atoms with E-state index < -0.39 is 6.67 Å². The van der Waals surface area contributed by atoms with E-state index in [9.17, 15) is 9.18 Å². The first-order chi connectivity index (χ1) is 6.22. The molecule has 0 aliphatic heterocycles. The Balaban J connectivity index is 2.44. The largest absolute Gasteiger partial charge is 0.300 e. The number of carbonyl (C=O) groups excluding carboxylic acids is 1. The fourth-order valence-electron chi connectivity index (χ4n) is 0.931. The van der Waals surface area contributed by atoms with Crippen LogP contribution in [0.3, 0.4) is 0 Å². The van der Waals surface area contributed by atoms with Gasteiger partial charge in [-0.25, -0.2) is 0 Å². The highest BCUT2D eigenvalue weighted by Gasteiger charge is 2.00. The third kappa shape index (κ3) is 3.31. The molecule has 4 nitrogen and oxygen atoms in total. The van der Waals surface area contributed by atoms with Crippen LogP contribution in [0.25, 0.3) is 0 Å². The number of aryl methyl sites for hydroxylation is 2. The number of rotatable bonds is 5. The van der Waals surface area contributed by atoms with Gasteiger partial charge in [-0.2, -0.15) is 0 Å². The van der Waals surface area contributed by atoms with Crippen LogP contribution < -0.4 is 0 Å². The molecule has 0 radical (unpaired) electrons. The first kappa shape index (κ1) is 9.83. The van der Waals surface area contributed by atoms with Crippen LogP contribution in [0.1, 0.15) is 19.0 Å². The number of halogens is 1. The maximum Gasteiger partial charge on any atom is 0.131 e. The molecule has 13 heavy (non-hydrogen) atoms. The molecule has 1 heterocycles. The SMILES string of the molecule is CC(=O)CCn1cc(CC[18F])nn1. The molecule has 0 atom stereocenters. The maximum absolute atomic E-state index is 11.9. The Labute approximate surface area is 75.7 Å². The van der Waals surface area contributed by atoms with Crippen molar-refractivity contribution in [3.63, 3.8) is 0 Å². The van der Waals surface area contributed by atoms with Gasteiger partial charge in [0.2, 0.25) is 0 Å². The van der Waals surface area contributed by atoms with Crippen LogP contribution in [0, 0.1) is 0 Å². The number of aromatic nitrogens is 3. The summed E-state index contributed by atoms with van der Waals surface area (Å²) in [4.78, 5) is 10.6. The average Bonchev–Trinajstić information content (AvgIpc) is 2.50. The van der Waals surface area contributed by atoms with Crippen molar-refractivity contribution in [2.24, 2.45) is 0 Å². The van der Waals surface area contributed by atoms with E-state index in [1.54, 1.807) is 10.9 Å². The van der Waals surface area contributed by atoms with Gasteiger partial charge in [-0.1, -0.05) is 5.21 Å². The minimum atomic E-state index is -0.425. The Morgan fingerprint density at radius 2 is 2.46 bits per heavy atom. The molecule has 0 spiro atoms. The van der Waals surface area contributed by atoms with Gasteiger partial charge in [0.25, 0.3) is 0 Å². The van der Waals surface area contributed by atoms with E-state index in [0.717, 1.165) is 0 Å². The summed E-state index contributed by atoms with van der Waals surface area (Å²) in [6.45, 7) is 1.62. The lowest BCUT2D eigenvalue weighted by Gasteiger charge is -1.94. The Hall–Kier alpha value is -1.26. The van der Waals surface area contributed by atoms with E-state index in [-0.39, 0.29) is 5.78 Å². The van der Waals surface area contributed by atoms with Crippen LogP contribution in [0.2, 0.25) is 0 Å². The van der Waals surface area contributed by atoms with Gasteiger partial charge in [-0.15, -0.1) is 5.10 Å². The normalized spacial score (nSPS) is 10.3. The molecule has 72 valence electrons. The summed E-state index contributed by atoms with van der Waals surface area (Å²) in [6, 6.07) is 0. The van der Waals surface area contributed by atoms with Gasteiger partial charge in [0.1, 0.15) is 5.78 Å². The summed E-state index contributed by atoms with van der Waals surface area (Å²) < 4.78 is 13.4. The first-order valence-corrected chi connectivity index (χ1v) is 4.17. The molecule has 0 fully saturated rings. The molecular formula is C8H12FN3O. The van der Waals surface area contributed by atoms with E-state index in [1.807, 2.05) is 0 Å². The minimum absolute atomic E-state index is 0.113. The lowest BCUT2D eigenvalue weighted by molar-refractivity contribution is -0.117. The third-order valence-corrected chi connectivity index (χ3v) is 1.63. The van der Waals surface area contributed by atoms with Crippen LogP contribution in [-0.4, -0.2) is 27.5 Å². The summed E-state index contributed by atoms with van der Waals surface area (Å²) in [6.07, 6.45) is 2.40. The number of nitrogens with zero attached hydrogens (tertiary/aromatic N) is 3. The number of ketones is 1. The van der Waals surface area contributed by atoms with Crippen molar-refractivity contribution >= 4 is 5.78 Å². The van der Waals surface area contributed by atoms with Crippen LogP contribution in [0.4, 0.5) is 4.39 Å². The minimum Gasteiger partial charge on any atom is -0.300 e. The van der Waals surface area contributed by atoms with Crippen LogP contribution in [-0.2, 0) is 17.8 Å². The van der Waals surface area contributed by atoms with E-state index in [2.05, 4.69) is 10.3 Å². The highest BCUT2D eigenvalue weighted by atomic mass is 18.2. The summed E-state index contributed by atoms with van der Waals surface area (Å²) >= 11 is 0. The molecule has 5 heteroatoms. The van der Waals surface area contributed by atoms with Crippen molar-refractivity contribution in [3.8, 4) is 0 Å². The molecule has 0 saturated carbocycles. The van der Waals surface area contributed by atoms with Gasteiger partial charge in [0, 0.05) is 25.6 Å². The number of alkyl halides is 1. The standard InChI is InChI=1S/C8H12FN3O/c1-7(13)3-5-12-6-8(2-4-9)10-11-12/h6H,2-5H2,1H3/i9-1. The molecule has 0 unspecified atom stereocenters. The predicted octanol–water partition coefficient (Wildman–Crippen LogP) is 0.769. The lowest BCUT2D eigenvalue weighted by atomic mass is 10.3. The first-order valence-electron chi connectivity index (χ1n) is 4.17. The zero-order chi connectivity index (χ0) is 9.68. The van der Waals surface area contributed by atoms with Gasteiger partial charge in [-0.05, 0) is 6.92 Å². The van der Waals surface area contributed by atoms with Crippen LogP contribution >= 0.6 is 0 Å². The number of hydrogen-bond acceptors (Lipinski definition) is 3. The Morgan fingerprint density at radius 1 is 1.69 bits per heavy atom. The van der Waals surface area contributed by atoms with Gasteiger partial charge in [0.15, 0.2) is 0 Å². The van der Waals surface area contributed by atoms with Gasteiger partial charge in [0.05, 0.1) is 12.4 Å². The van der Waals surface area contributed by atoms with Gasteiger partial charge in [-0.3, -0.25) is 13.9 Å². The van der Waals surface area contributed by atoms with Crippen molar-refractivity contribution in [1.29, 1.82) is 0 Å². The quantitative estimate of drug-likeness (QED) is 0.679. The lowest BCUT2D eigenvalue weighted by Crippen LogP contribution is -2.03. The second kappa shape index (κ2) is 4.69. The molecule has 0 aliphatic rings. The second-order valence-corrected chi connectivity index (χ2v) is 2.86. The molecule has 1 rings (SSSR count). The molecule has 0 N–H and O–H groups in total. The molecule has 1 aromatic rings. The highest BCUT2D eigenvalue weighted by Crippen LogP contribution is 1.96. The summed E-state index contributed by atoms with van der Waals surface area (Å²) in [5.74, 6) is 0.113. The fourth-order valence-corrected chi connectivity index (χ4v) is 0.931. The molecule has 0 saturated heterocycles. The summed E-state index contributed by atoms with van der Waals surface area (Å²) in [7, 11) is 0. The zero-order valence-corrected chi connectivity index (χ0v) is 7.53. The third-order valence-electron chi connectivity index (χ3n) is 1.63. The summed E-state index contributed by atoms with van der Waals surface area (Å²) in [5, 5.41) is 7.50. The van der Waals surface area contributed by atoms with Crippen molar-refractivity contribution in [3.05, 3.63) is 11.9 Å². The molecule has 0 bridgehead atoms. The average molecular weight is 184 g/mol. The second-order valence-electron chi connectivity index (χ2n) is 2.86. The number of carbonyl (C=O) groups is 1. The van der Waals surface area contributed by atoms with E-state index >= 15 is 0 Å². The van der Waals surface area contributed by atoms with Crippen molar-refractivity contribution in [2.45, 2.75) is 26.3 Å². The van der Waals surface area contributed by atoms with E-state index in [4.69, 9.17) is 0 Å². The highest BCUT2D eigenvalue weighted by molar-refractivity contribution is 5.75. The van der Waals surface area contributed by atoms with Crippen molar-refractivity contribution in [2.75, 3.05) is 6.67 Å². The van der Waals surface area contributed by atoms with Crippen LogP contribution in [0.5, 0.6) is 0 Å². The van der Waals surface area contributed by atoms with E-state index in [1.165, 1.54) is 6.92 Å². The van der Waals surface area contributed by atoms with Crippen molar-refractivity contribution < 1.29 is 9.18 Å². The monoisotopic (exact) mass is 184 g/mol. The molecule has 1 aromatic heterocycles. The predicted molar refractivity (Wildman–Crippen MR) is 45.0 cm³/mol. The number of Topliss-reactive ketones (excluding diaryl/α,β-unsaturated/α-hetero) is 1. The van der Waals surface area contributed by atoms with Crippen LogP contribution in [0.15, 0.2) is 6.20 Å². The van der Waals surface area contributed by atoms with Gasteiger partial charge < -0.3 is 0 Å². The summed E-state index contributed by atoms with van der Waals surface area (Å²) in [5.41, 5.74) is 0.631. The van der Waals surface area contributed by atoms with Crippen molar-refractivity contribution in [1.82, 2.24) is 15.0 Å².